The molecule has 0 bridgehead atoms. The van der Waals surface area contributed by atoms with Crippen LogP contribution in [0.25, 0.3) is 0 Å². The molecule has 2 aromatic rings. The number of nitrogens with zero attached hydrogens (tertiary/aromatic N) is 4. The molecule has 2 heterocycles. The molecule has 1 fully saturated rings. The number of imidazole rings is 1. The number of aromatic nitrogens is 4. The zero-order valence-corrected chi connectivity index (χ0v) is 11.2. The van der Waals surface area contributed by atoms with E-state index in [-0.39, 0.29) is 0 Å². The first-order valence-corrected chi connectivity index (χ1v) is 7.11. The van der Waals surface area contributed by atoms with Crippen LogP contribution in [0.3, 0.4) is 0 Å². The van der Waals surface area contributed by atoms with Gasteiger partial charge in [-0.25, -0.2) is 4.98 Å². The summed E-state index contributed by atoms with van der Waals surface area (Å²) in [5.41, 5.74) is 6.74. The van der Waals surface area contributed by atoms with Crippen molar-refractivity contribution in [2.75, 3.05) is 0 Å². The highest BCUT2D eigenvalue weighted by atomic mass is 15.3. The van der Waals surface area contributed by atoms with Crippen LogP contribution in [0, 0.1) is 0 Å². The Hall–Kier alpha value is -1.62. The van der Waals surface area contributed by atoms with Gasteiger partial charge in [0.25, 0.3) is 0 Å². The molecular weight excluding hydrogens is 238 g/mol. The summed E-state index contributed by atoms with van der Waals surface area (Å²) in [7, 11) is 0. The Morgan fingerprint density at radius 1 is 1.21 bits per heavy atom. The SMILES string of the molecule is NCc1nccn1Cc1ccn(C2CCCCC2)n1. The Morgan fingerprint density at radius 3 is 2.84 bits per heavy atom. The van der Waals surface area contributed by atoms with E-state index in [1.807, 2.05) is 6.20 Å². The van der Waals surface area contributed by atoms with Gasteiger partial charge < -0.3 is 10.3 Å². The average molecular weight is 259 g/mol. The van der Waals surface area contributed by atoms with Crippen LogP contribution >= 0.6 is 0 Å². The lowest BCUT2D eigenvalue weighted by molar-refractivity contribution is 0.328. The van der Waals surface area contributed by atoms with Gasteiger partial charge in [-0.15, -0.1) is 0 Å². The van der Waals surface area contributed by atoms with Crippen LogP contribution in [-0.2, 0) is 13.1 Å². The van der Waals surface area contributed by atoms with Gasteiger partial charge in [0.1, 0.15) is 5.82 Å². The Kier molecular flexibility index (Phi) is 3.64. The second-order valence-corrected chi connectivity index (χ2v) is 5.25. The van der Waals surface area contributed by atoms with Crippen LogP contribution in [0.4, 0.5) is 0 Å². The number of nitrogens with two attached hydrogens (primary N) is 1. The second-order valence-electron chi connectivity index (χ2n) is 5.25. The van der Waals surface area contributed by atoms with Gasteiger partial charge >= 0.3 is 0 Å². The molecule has 2 aromatic heterocycles. The molecule has 102 valence electrons. The van der Waals surface area contributed by atoms with Gasteiger partial charge in [0.2, 0.25) is 0 Å². The van der Waals surface area contributed by atoms with Crippen LogP contribution in [0.2, 0.25) is 0 Å². The zero-order valence-electron chi connectivity index (χ0n) is 11.2. The van der Waals surface area contributed by atoms with Gasteiger partial charge in [0.05, 0.1) is 24.8 Å². The highest BCUT2D eigenvalue weighted by Crippen LogP contribution is 2.27. The molecule has 2 N–H and O–H groups in total. The molecule has 0 atom stereocenters. The number of hydrogen-bond acceptors (Lipinski definition) is 3. The van der Waals surface area contributed by atoms with Crippen LogP contribution < -0.4 is 5.73 Å². The minimum atomic E-state index is 0.469. The van der Waals surface area contributed by atoms with Gasteiger partial charge in [-0.05, 0) is 18.9 Å². The summed E-state index contributed by atoms with van der Waals surface area (Å²) in [6, 6.07) is 2.70. The first-order valence-electron chi connectivity index (χ1n) is 7.11. The molecule has 1 aliphatic rings. The summed E-state index contributed by atoms with van der Waals surface area (Å²) in [6.07, 6.45) is 12.4. The maximum Gasteiger partial charge on any atom is 0.122 e. The molecule has 0 saturated heterocycles. The molecule has 5 nitrogen and oxygen atoms in total. The number of rotatable bonds is 4. The van der Waals surface area contributed by atoms with Gasteiger partial charge in [0, 0.05) is 18.6 Å². The lowest BCUT2D eigenvalue weighted by atomic mass is 9.96. The molecule has 0 amide bonds. The first-order chi connectivity index (χ1) is 9.36. The molecule has 1 aliphatic carbocycles. The van der Waals surface area contributed by atoms with Crippen molar-refractivity contribution in [3.05, 3.63) is 36.2 Å². The standard InChI is InChI=1S/C14H21N5/c15-10-14-16-7-9-18(14)11-12-6-8-19(17-12)13-4-2-1-3-5-13/h6-9,13H,1-5,10-11,15H2. The van der Waals surface area contributed by atoms with Crippen molar-refractivity contribution >= 4 is 0 Å². The Balaban J connectivity index is 1.70. The Morgan fingerprint density at radius 2 is 2.05 bits per heavy atom. The molecule has 0 spiro atoms. The Bertz CT molecular complexity index is 521. The van der Waals surface area contributed by atoms with E-state index < -0.39 is 0 Å². The van der Waals surface area contributed by atoms with E-state index in [4.69, 9.17) is 10.8 Å². The zero-order chi connectivity index (χ0) is 13.1. The summed E-state index contributed by atoms with van der Waals surface area (Å²) in [5, 5.41) is 4.71. The molecule has 0 radical (unpaired) electrons. The summed E-state index contributed by atoms with van der Waals surface area (Å²) in [4.78, 5) is 4.23. The van der Waals surface area contributed by atoms with E-state index in [1.54, 1.807) is 6.20 Å². The van der Waals surface area contributed by atoms with Crippen LogP contribution in [0.1, 0.15) is 49.7 Å². The first kappa shape index (κ1) is 12.4. The minimum Gasteiger partial charge on any atom is -0.328 e. The van der Waals surface area contributed by atoms with Crippen molar-refractivity contribution in [2.24, 2.45) is 5.73 Å². The smallest absolute Gasteiger partial charge is 0.122 e. The van der Waals surface area contributed by atoms with Crippen molar-refractivity contribution in [1.29, 1.82) is 0 Å². The van der Waals surface area contributed by atoms with Crippen LogP contribution in [0.15, 0.2) is 24.7 Å². The third-order valence-electron chi connectivity index (χ3n) is 3.93. The lowest BCUT2D eigenvalue weighted by Crippen LogP contribution is -2.14. The predicted molar refractivity (Wildman–Crippen MR) is 73.6 cm³/mol. The van der Waals surface area contributed by atoms with Crippen molar-refractivity contribution < 1.29 is 0 Å². The van der Waals surface area contributed by atoms with Crippen molar-refractivity contribution in [3.8, 4) is 0 Å². The van der Waals surface area contributed by atoms with E-state index >= 15 is 0 Å². The second kappa shape index (κ2) is 5.57. The monoisotopic (exact) mass is 259 g/mol. The molecule has 0 unspecified atom stereocenters. The molecule has 1 saturated carbocycles. The van der Waals surface area contributed by atoms with Crippen LogP contribution in [-0.4, -0.2) is 19.3 Å². The van der Waals surface area contributed by atoms with E-state index in [9.17, 15) is 0 Å². The van der Waals surface area contributed by atoms with E-state index in [0.717, 1.165) is 18.1 Å². The van der Waals surface area contributed by atoms with Crippen molar-refractivity contribution in [1.82, 2.24) is 19.3 Å². The van der Waals surface area contributed by atoms with Crippen LogP contribution in [0.5, 0.6) is 0 Å². The third-order valence-corrected chi connectivity index (χ3v) is 3.93. The van der Waals surface area contributed by atoms with E-state index in [2.05, 4.69) is 26.5 Å². The molecule has 3 rings (SSSR count). The van der Waals surface area contributed by atoms with Crippen molar-refractivity contribution in [2.45, 2.75) is 51.2 Å². The van der Waals surface area contributed by atoms with Gasteiger partial charge in [-0.1, -0.05) is 19.3 Å². The molecule has 5 heteroatoms. The molecule has 19 heavy (non-hydrogen) atoms. The molecule has 0 aromatic carbocycles. The third kappa shape index (κ3) is 2.71. The maximum absolute atomic E-state index is 5.66. The van der Waals surface area contributed by atoms with Crippen molar-refractivity contribution in [3.63, 3.8) is 0 Å². The fourth-order valence-electron chi connectivity index (χ4n) is 2.86. The summed E-state index contributed by atoms with van der Waals surface area (Å²) < 4.78 is 4.21. The summed E-state index contributed by atoms with van der Waals surface area (Å²) >= 11 is 0. The summed E-state index contributed by atoms with van der Waals surface area (Å²) in [6.45, 7) is 1.22. The Labute approximate surface area is 113 Å². The van der Waals surface area contributed by atoms with E-state index in [1.165, 1.54) is 32.1 Å². The fraction of sp³-hybridized carbons (Fsp3) is 0.571. The maximum atomic E-state index is 5.66. The average Bonchev–Trinajstić information content (AvgIpc) is 3.09. The van der Waals surface area contributed by atoms with Gasteiger partial charge in [-0.2, -0.15) is 5.10 Å². The fourth-order valence-corrected chi connectivity index (χ4v) is 2.86. The topological polar surface area (TPSA) is 61.7 Å². The molecule has 0 aliphatic heterocycles. The largest absolute Gasteiger partial charge is 0.328 e. The quantitative estimate of drug-likeness (QED) is 0.914. The van der Waals surface area contributed by atoms with Gasteiger partial charge in [0.15, 0.2) is 0 Å². The highest BCUT2D eigenvalue weighted by molar-refractivity contribution is 5.04. The molecular formula is C14H21N5. The van der Waals surface area contributed by atoms with Gasteiger partial charge in [-0.3, -0.25) is 4.68 Å². The minimum absolute atomic E-state index is 0.469. The van der Waals surface area contributed by atoms with E-state index in [0.29, 0.717) is 12.6 Å². The lowest BCUT2D eigenvalue weighted by Gasteiger charge is -2.21. The summed E-state index contributed by atoms with van der Waals surface area (Å²) in [5.74, 6) is 0.909. The normalized spacial score (nSPS) is 16.9. The number of hydrogen-bond donors (Lipinski definition) is 1. The highest BCUT2D eigenvalue weighted by Gasteiger charge is 2.16. The predicted octanol–water partition coefficient (Wildman–Crippen LogP) is 2.09.